The molecule has 140 valence electrons. The van der Waals surface area contributed by atoms with Crippen LogP contribution in [0.2, 0.25) is 0 Å². The van der Waals surface area contributed by atoms with Gasteiger partial charge in [0.1, 0.15) is 0 Å². The predicted molar refractivity (Wildman–Crippen MR) is 93.2 cm³/mol. The molecule has 6 heteroatoms. The molecule has 2 atom stereocenters. The van der Waals surface area contributed by atoms with Crippen molar-refractivity contribution in [1.29, 1.82) is 0 Å². The van der Waals surface area contributed by atoms with E-state index >= 15 is 0 Å². The number of phenols is 2. The Kier molecular flexibility index (Phi) is 5.41. The third-order valence-electron chi connectivity index (χ3n) is 4.92. The fraction of sp³-hybridized carbons (Fsp3) is 0.400. The van der Waals surface area contributed by atoms with Crippen molar-refractivity contribution in [3.05, 3.63) is 59.2 Å². The van der Waals surface area contributed by atoms with Crippen LogP contribution < -0.4 is 5.32 Å². The molecule has 1 aliphatic heterocycles. The lowest BCUT2D eigenvalue weighted by Gasteiger charge is -2.15. The molecule has 1 aliphatic rings. The van der Waals surface area contributed by atoms with E-state index in [4.69, 9.17) is 0 Å². The number of phenolic OH excluding ortho intramolecular Hbond substituents is 2. The zero-order valence-electron chi connectivity index (χ0n) is 14.3. The lowest BCUT2D eigenvalue weighted by atomic mass is 10.0. The Balaban J connectivity index is 1.48. The Morgan fingerprint density at radius 3 is 2.19 bits per heavy atom. The number of aromatic hydroxyl groups is 2. The molecule has 26 heavy (non-hydrogen) atoms. The second-order valence-electron chi connectivity index (χ2n) is 6.90. The topological polar surface area (TPSA) is 52.5 Å². The predicted octanol–water partition coefficient (Wildman–Crippen LogP) is 4.41. The van der Waals surface area contributed by atoms with Crippen LogP contribution in [0.3, 0.4) is 0 Å². The summed E-state index contributed by atoms with van der Waals surface area (Å²) in [7, 11) is 0. The molecule has 0 amide bonds. The van der Waals surface area contributed by atoms with Gasteiger partial charge in [-0.15, -0.1) is 0 Å². The van der Waals surface area contributed by atoms with E-state index in [1.54, 1.807) is 24.3 Å². The van der Waals surface area contributed by atoms with Crippen LogP contribution in [-0.4, -0.2) is 22.3 Å². The van der Waals surface area contributed by atoms with Crippen molar-refractivity contribution in [2.45, 2.75) is 50.4 Å². The molecule has 2 aromatic rings. The summed E-state index contributed by atoms with van der Waals surface area (Å²) in [4.78, 5) is 0. The van der Waals surface area contributed by atoms with E-state index in [1.165, 1.54) is 6.07 Å². The van der Waals surface area contributed by atoms with Crippen molar-refractivity contribution in [3.63, 3.8) is 0 Å². The van der Waals surface area contributed by atoms with Crippen molar-refractivity contribution in [3.8, 4) is 11.5 Å². The first-order valence-electron chi connectivity index (χ1n) is 8.74. The first kappa shape index (κ1) is 18.6. The van der Waals surface area contributed by atoms with E-state index < -0.39 is 11.7 Å². The summed E-state index contributed by atoms with van der Waals surface area (Å²) in [5.41, 5.74) is 1.25. The highest BCUT2D eigenvalue weighted by atomic mass is 19.4. The molecular formula is C20H22F3NO2. The summed E-state index contributed by atoms with van der Waals surface area (Å²) in [6.45, 7) is 0. The zero-order valence-corrected chi connectivity index (χ0v) is 14.3. The minimum atomic E-state index is -4.29. The second kappa shape index (κ2) is 7.58. The summed E-state index contributed by atoms with van der Waals surface area (Å²) in [6, 6.07) is 10.9. The number of alkyl halides is 3. The van der Waals surface area contributed by atoms with Gasteiger partial charge in [-0.25, -0.2) is 0 Å². The number of aryl methyl sites for hydroxylation is 1. The Labute approximate surface area is 150 Å². The Morgan fingerprint density at radius 2 is 1.54 bits per heavy atom. The van der Waals surface area contributed by atoms with E-state index in [1.807, 2.05) is 0 Å². The highest BCUT2D eigenvalue weighted by Gasteiger charge is 2.30. The van der Waals surface area contributed by atoms with Crippen LogP contribution in [0.5, 0.6) is 11.5 Å². The Bertz CT molecular complexity index is 744. The first-order valence-corrected chi connectivity index (χ1v) is 8.74. The molecular weight excluding hydrogens is 343 g/mol. The van der Waals surface area contributed by atoms with Crippen molar-refractivity contribution in [1.82, 2.24) is 5.32 Å². The molecule has 3 N–H and O–H groups in total. The molecule has 3 rings (SSSR count). The van der Waals surface area contributed by atoms with Gasteiger partial charge in [0.15, 0.2) is 11.5 Å². The average molecular weight is 365 g/mol. The number of hydrogen-bond acceptors (Lipinski definition) is 3. The summed E-state index contributed by atoms with van der Waals surface area (Å²) in [5, 5.41) is 22.5. The van der Waals surface area contributed by atoms with Gasteiger partial charge in [-0.1, -0.05) is 18.2 Å². The molecule has 2 unspecified atom stereocenters. The summed E-state index contributed by atoms with van der Waals surface area (Å²) in [6.07, 6.45) is 0.131. The van der Waals surface area contributed by atoms with Crippen LogP contribution in [0.4, 0.5) is 13.2 Å². The second-order valence-corrected chi connectivity index (χ2v) is 6.90. The molecule has 1 saturated heterocycles. The maximum absolute atomic E-state index is 12.6. The van der Waals surface area contributed by atoms with Crippen LogP contribution in [-0.2, 0) is 19.0 Å². The maximum Gasteiger partial charge on any atom is 0.416 e. The summed E-state index contributed by atoms with van der Waals surface area (Å²) >= 11 is 0. The van der Waals surface area contributed by atoms with Gasteiger partial charge in [-0.3, -0.25) is 0 Å². The molecule has 0 aliphatic carbocycles. The van der Waals surface area contributed by atoms with Crippen molar-refractivity contribution >= 4 is 0 Å². The number of benzene rings is 2. The van der Waals surface area contributed by atoms with E-state index in [0.29, 0.717) is 12.1 Å². The Hall–Kier alpha value is -2.21. The van der Waals surface area contributed by atoms with Gasteiger partial charge >= 0.3 is 6.18 Å². The maximum atomic E-state index is 12.6. The number of hydrogen-bond donors (Lipinski definition) is 3. The molecule has 3 nitrogen and oxygen atoms in total. The average Bonchev–Trinajstić information content (AvgIpc) is 3.03. The lowest BCUT2D eigenvalue weighted by molar-refractivity contribution is -0.137. The largest absolute Gasteiger partial charge is 0.504 e. The van der Waals surface area contributed by atoms with Gasteiger partial charge in [0.05, 0.1) is 5.56 Å². The Morgan fingerprint density at radius 1 is 0.885 bits per heavy atom. The van der Waals surface area contributed by atoms with Crippen molar-refractivity contribution < 1.29 is 23.4 Å². The molecule has 0 spiro atoms. The zero-order chi connectivity index (χ0) is 18.7. The SMILES string of the molecule is Oc1ccc(CC2CCC(CCc3ccc(C(F)(F)F)cc3)N2)cc1O. The summed E-state index contributed by atoms with van der Waals surface area (Å²) < 4.78 is 37.7. The van der Waals surface area contributed by atoms with Gasteiger partial charge in [0, 0.05) is 12.1 Å². The molecule has 0 bridgehead atoms. The van der Waals surface area contributed by atoms with Gasteiger partial charge in [0.25, 0.3) is 0 Å². The number of nitrogens with one attached hydrogen (secondary N) is 1. The smallest absolute Gasteiger partial charge is 0.416 e. The van der Waals surface area contributed by atoms with Crippen LogP contribution in [0.25, 0.3) is 0 Å². The molecule has 2 aromatic carbocycles. The van der Waals surface area contributed by atoms with Crippen LogP contribution in [0.15, 0.2) is 42.5 Å². The van der Waals surface area contributed by atoms with Crippen LogP contribution >= 0.6 is 0 Å². The minimum absolute atomic E-state index is 0.112. The van der Waals surface area contributed by atoms with Gasteiger partial charge in [0.2, 0.25) is 0 Å². The van der Waals surface area contributed by atoms with E-state index in [2.05, 4.69) is 5.32 Å². The third-order valence-corrected chi connectivity index (χ3v) is 4.92. The fourth-order valence-corrected chi connectivity index (χ4v) is 3.47. The van der Waals surface area contributed by atoms with E-state index in [0.717, 1.165) is 55.4 Å². The molecule has 1 heterocycles. The van der Waals surface area contributed by atoms with Gasteiger partial charge < -0.3 is 15.5 Å². The molecule has 0 aromatic heterocycles. The number of halogens is 3. The molecule has 0 radical (unpaired) electrons. The molecule has 0 saturated carbocycles. The highest BCUT2D eigenvalue weighted by Crippen LogP contribution is 2.30. The standard InChI is InChI=1S/C20H22F3NO2/c21-20(22,23)15-5-1-13(2-6-15)3-7-16-8-9-17(24-16)11-14-4-10-18(25)19(26)12-14/h1-2,4-6,10,12,16-17,24-26H,3,7-9,11H2. The summed E-state index contributed by atoms with van der Waals surface area (Å²) in [5.74, 6) is -0.234. The third kappa shape index (κ3) is 4.69. The minimum Gasteiger partial charge on any atom is -0.504 e. The van der Waals surface area contributed by atoms with Crippen molar-refractivity contribution in [2.24, 2.45) is 0 Å². The normalized spacial score (nSPS) is 20.4. The first-order chi connectivity index (χ1) is 12.3. The quantitative estimate of drug-likeness (QED) is 0.688. The molecule has 1 fully saturated rings. The highest BCUT2D eigenvalue weighted by molar-refractivity contribution is 5.40. The van der Waals surface area contributed by atoms with Crippen LogP contribution in [0.1, 0.15) is 36.0 Å². The van der Waals surface area contributed by atoms with Gasteiger partial charge in [-0.2, -0.15) is 13.2 Å². The van der Waals surface area contributed by atoms with Crippen molar-refractivity contribution in [2.75, 3.05) is 0 Å². The lowest BCUT2D eigenvalue weighted by Crippen LogP contribution is -2.31. The van der Waals surface area contributed by atoms with Gasteiger partial charge in [-0.05, 0) is 67.5 Å². The van der Waals surface area contributed by atoms with Crippen LogP contribution in [0, 0.1) is 0 Å². The fourth-order valence-electron chi connectivity index (χ4n) is 3.47. The number of rotatable bonds is 5. The monoisotopic (exact) mass is 365 g/mol. The van der Waals surface area contributed by atoms with E-state index in [-0.39, 0.29) is 11.5 Å². The van der Waals surface area contributed by atoms with E-state index in [9.17, 15) is 23.4 Å².